The first-order valence-electron chi connectivity index (χ1n) is 8.20. The summed E-state index contributed by atoms with van der Waals surface area (Å²) in [6.45, 7) is 11.8. The molecule has 108 valence electrons. The summed E-state index contributed by atoms with van der Waals surface area (Å²) < 4.78 is 0. The van der Waals surface area contributed by atoms with Crippen LogP contribution in [0.3, 0.4) is 0 Å². The second-order valence-electron chi connectivity index (χ2n) is 6.77. The Kier molecular flexibility index (Phi) is 3.95. The fourth-order valence-corrected chi connectivity index (χ4v) is 4.33. The highest BCUT2D eigenvalue weighted by atomic mass is 16.1. The Morgan fingerprint density at radius 2 is 1.68 bits per heavy atom. The summed E-state index contributed by atoms with van der Waals surface area (Å²) in [7, 11) is 0. The molecule has 0 aromatic heterocycles. The first kappa shape index (κ1) is 13.6. The third kappa shape index (κ3) is 2.73. The molecule has 1 saturated carbocycles. The van der Waals surface area contributed by atoms with Crippen LogP contribution in [0.4, 0.5) is 0 Å². The second kappa shape index (κ2) is 5.53. The number of piperidine rings is 2. The van der Waals surface area contributed by atoms with Gasteiger partial charge in [0.05, 0.1) is 0 Å². The van der Waals surface area contributed by atoms with Gasteiger partial charge in [0.2, 0.25) is 0 Å². The van der Waals surface area contributed by atoms with Gasteiger partial charge in [0.1, 0.15) is 5.78 Å². The molecule has 3 atom stereocenters. The maximum atomic E-state index is 11.7. The molecule has 0 radical (unpaired) electrons. The van der Waals surface area contributed by atoms with E-state index in [1.165, 1.54) is 52.1 Å². The number of carbonyl (C=O) groups excluding carboxylic acids is 1. The quantitative estimate of drug-likeness (QED) is 0.757. The van der Waals surface area contributed by atoms with Gasteiger partial charge in [0, 0.05) is 32.0 Å². The predicted molar refractivity (Wildman–Crippen MR) is 77.0 cm³/mol. The zero-order valence-electron chi connectivity index (χ0n) is 12.5. The number of Topliss-reactive ketones (excluding diaryl/α,β-unsaturated/α-hetero) is 1. The largest absolute Gasteiger partial charge is 0.304 e. The van der Waals surface area contributed by atoms with E-state index in [1.807, 2.05) is 6.92 Å². The monoisotopic (exact) mass is 264 g/mol. The van der Waals surface area contributed by atoms with E-state index >= 15 is 0 Å². The van der Waals surface area contributed by atoms with Gasteiger partial charge in [-0.1, -0.05) is 13.8 Å². The minimum atomic E-state index is 0.447. The van der Waals surface area contributed by atoms with Crippen LogP contribution in [0.2, 0.25) is 0 Å². The number of hydrogen-bond acceptors (Lipinski definition) is 3. The third-order valence-corrected chi connectivity index (χ3v) is 5.66. The third-order valence-electron chi connectivity index (χ3n) is 5.66. The molecule has 1 aliphatic carbocycles. The van der Waals surface area contributed by atoms with Gasteiger partial charge < -0.3 is 9.80 Å². The molecule has 3 fully saturated rings. The fraction of sp³-hybridized carbons (Fsp3) is 0.938. The summed E-state index contributed by atoms with van der Waals surface area (Å²) in [5, 5.41) is 0. The number of rotatable bonds is 5. The van der Waals surface area contributed by atoms with Crippen LogP contribution < -0.4 is 0 Å². The topological polar surface area (TPSA) is 23.6 Å². The summed E-state index contributed by atoms with van der Waals surface area (Å²) in [5.74, 6) is 3.32. The van der Waals surface area contributed by atoms with Crippen molar-refractivity contribution >= 4 is 5.78 Å². The zero-order chi connectivity index (χ0) is 13.4. The second-order valence-corrected chi connectivity index (χ2v) is 6.77. The average molecular weight is 264 g/mol. The van der Waals surface area contributed by atoms with E-state index in [9.17, 15) is 4.79 Å². The molecule has 0 N–H and O–H groups in total. The van der Waals surface area contributed by atoms with Crippen molar-refractivity contribution < 1.29 is 4.79 Å². The standard InChI is InChI=1S/C16H28N2O/c1-3-15(19)16-13-10-18(11-14(13)16)9-12-5-7-17(4-2)8-6-12/h12-14,16H,3-11H2,1-2H3/t13-,14+,16?. The highest BCUT2D eigenvalue weighted by Crippen LogP contribution is 2.52. The molecule has 3 nitrogen and oxygen atoms in total. The van der Waals surface area contributed by atoms with Gasteiger partial charge in [0.15, 0.2) is 0 Å². The molecule has 1 unspecified atom stereocenters. The zero-order valence-corrected chi connectivity index (χ0v) is 12.5. The Bertz CT molecular complexity index is 324. The lowest BCUT2D eigenvalue weighted by molar-refractivity contribution is -0.120. The summed E-state index contributed by atoms with van der Waals surface area (Å²) in [6.07, 6.45) is 3.49. The Morgan fingerprint density at radius 3 is 2.21 bits per heavy atom. The molecule has 19 heavy (non-hydrogen) atoms. The molecular weight excluding hydrogens is 236 g/mol. The lowest BCUT2D eigenvalue weighted by atomic mass is 9.96. The van der Waals surface area contributed by atoms with Gasteiger partial charge >= 0.3 is 0 Å². The van der Waals surface area contributed by atoms with Crippen LogP contribution in [0.5, 0.6) is 0 Å². The van der Waals surface area contributed by atoms with E-state index in [1.54, 1.807) is 0 Å². The summed E-state index contributed by atoms with van der Waals surface area (Å²) in [4.78, 5) is 16.9. The lowest BCUT2D eigenvalue weighted by Crippen LogP contribution is -2.39. The molecule has 3 rings (SSSR count). The number of hydrogen-bond donors (Lipinski definition) is 0. The number of fused-ring (bicyclic) bond motifs is 1. The maximum Gasteiger partial charge on any atom is 0.136 e. The van der Waals surface area contributed by atoms with Crippen LogP contribution in [-0.2, 0) is 4.79 Å². The van der Waals surface area contributed by atoms with E-state index in [-0.39, 0.29) is 0 Å². The first-order chi connectivity index (χ1) is 9.22. The Balaban J connectivity index is 1.40. The van der Waals surface area contributed by atoms with Crippen LogP contribution in [0, 0.1) is 23.7 Å². The average Bonchev–Trinajstić information content (AvgIpc) is 2.95. The molecule has 2 heterocycles. The number of nitrogens with zero attached hydrogens (tertiary/aromatic N) is 2. The Labute approximate surface area is 117 Å². The number of likely N-dealkylation sites (tertiary alicyclic amines) is 2. The molecule has 3 heteroatoms. The van der Waals surface area contributed by atoms with Crippen molar-refractivity contribution in [1.82, 2.24) is 9.80 Å². The smallest absolute Gasteiger partial charge is 0.136 e. The van der Waals surface area contributed by atoms with Gasteiger partial charge in [-0.05, 0) is 50.2 Å². The van der Waals surface area contributed by atoms with Crippen molar-refractivity contribution in [2.75, 3.05) is 39.3 Å². The minimum absolute atomic E-state index is 0.447. The van der Waals surface area contributed by atoms with Gasteiger partial charge in [-0.15, -0.1) is 0 Å². The number of carbonyl (C=O) groups is 1. The molecule has 0 bridgehead atoms. The van der Waals surface area contributed by atoms with E-state index in [2.05, 4.69) is 16.7 Å². The first-order valence-corrected chi connectivity index (χ1v) is 8.20. The van der Waals surface area contributed by atoms with Gasteiger partial charge in [-0.25, -0.2) is 0 Å². The molecule has 2 aliphatic heterocycles. The number of ketones is 1. The normalized spacial score (nSPS) is 36.4. The Morgan fingerprint density at radius 1 is 1.05 bits per heavy atom. The Hall–Kier alpha value is -0.410. The van der Waals surface area contributed by atoms with Gasteiger partial charge in [-0.3, -0.25) is 4.79 Å². The van der Waals surface area contributed by atoms with Crippen molar-refractivity contribution in [1.29, 1.82) is 0 Å². The fourth-order valence-electron chi connectivity index (χ4n) is 4.33. The van der Waals surface area contributed by atoms with Crippen molar-refractivity contribution in [3.8, 4) is 0 Å². The van der Waals surface area contributed by atoms with Crippen molar-refractivity contribution in [3.63, 3.8) is 0 Å². The molecule has 0 spiro atoms. The summed E-state index contributed by atoms with van der Waals surface area (Å²) in [6, 6.07) is 0. The van der Waals surface area contributed by atoms with Gasteiger partial charge in [-0.2, -0.15) is 0 Å². The summed E-state index contributed by atoms with van der Waals surface area (Å²) in [5.41, 5.74) is 0. The van der Waals surface area contributed by atoms with Crippen LogP contribution in [0.1, 0.15) is 33.1 Å². The maximum absolute atomic E-state index is 11.7. The van der Waals surface area contributed by atoms with E-state index < -0.39 is 0 Å². The van der Waals surface area contributed by atoms with Crippen LogP contribution >= 0.6 is 0 Å². The van der Waals surface area contributed by atoms with Gasteiger partial charge in [0.25, 0.3) is 0 Å². The molecule has 0 aromatic carbocycles. The minimum Gasteiger partial charge on any atom is -0.304 e. The van der Waals surface area contributed by atoms with E-state index in [0.717, 1.165) is 24.2 Å². The molecule has 0 amide bonds. The van der Waals surface area contributed by atoms with Crippen molar-refractivity contribution in [3.05, 3.63) is 0 Å². The highest BCUT2D eigenvalue weighted by molar-refractivity contribution is 5.84. The van der Waals surface area contributed by atoms with Crippen molar-refractivity contribution in [2.24, 2.45) is 23.7 Å². The SMILES string of the molecule is CCC(=O)C1[C@H]2CN(CC3CCN(CC)CC3)C[C@@H]12. The van der Waals surface area contributed by atoms with E-state index in [0.29, 0.717) is 11.7 Å². The lowest BCUT2D eigenvalue weighted by Gasteiger charge is -2.33. The molecule has 2 saturated heterocycles. The van der Waals surface area contributed by atoms with Crippen LogP contribution in [0.15, 0.2) is 0 Å². The predicted octanol–water partition coefficient (Wildman–Crippen LogP) is 1.88. The van der Waals surface area contributed by atoms with Crippen molar-refractivity contribution in [2.45, 2.75) is 33.1 Å². The molecule has 3 aliphatic rings. The molecule has 0 aromatic rings. The highest BCUT2D eigenvalue weighted by Gasteiger charge is 2.58. The molecular formula is C16H28N2O. The summed E-state index contributed by atoms with van der Waals surface area (Å²) >= 11 is 0. The van der Waals surface area contributed by atoms with E-state index in [4.69, 9.17) is 0 Å². The van der Waals surface area contributed by atoms with Crippen LogP contribution in [-0.4, -0.2) is 54.9 Å². The van der Waals surface area contributed by atoms with Crippen LogP contribution in [0.25, 0.3) is 0 Å².